The maximum Gasteiger partial charge on any atom is 0.0172 e. The quantitative estimate of drug-likeness (QED) is 0.663. The molecule has 0 aromatic carbocycles. The van der Waals surface area contributed by atoms with Gasteiger partial charge in [-0.3, -0.25) is 0 Å². The Balaban J connectivity index is 2.58. The maximum absolute atomic E-state index is 4.68. The summed E-state index contributed by atoms with van der Waals surface area (Å²) in [4.78, 5) is 2.71. The van der Waals surface area contributed by atoms with Crippen LogP contribution < -0.4 is 0 Å². The van der Waals surface area contributed by atoms with Gasteiger partial charge in [0.2, 0.25) is 0 Å². The topological polar surface area (TPSA) is 3.24 Å². The number of hydrogen-bond acceptors (Lipinski definition) is 3. The SMILES string of the molecule is CCCC(CS)(CCC)CN1CCSC(CC)C1. The molecule has 0 N–H and O–H groups in total. The molecule has 1 aliphatic heterocycles. The van der Waals surface area contributed by atoms with E-state index in [4.69, 9.17) is 0 Å². The molecule has 0 bridgehead atoms. The summed E-state index contributed by atoms with van der Waals surface area (Å²) in [5.74, 6) is 2.37. The highest BCUT2D eigenvalue weighted by Crippen LogP contribution is 2.34. The summed E-state index contributed by atoms with van der Waals surface area (Å²) in [6.07, 6.45) is 6.58. The molecule has 1 nitrogen and oxygen atoms in total. The van der Waals surface area contributed by atoms with Crippen molar-refractivity contribution in [3.8, 4) is 0 Å². The Labute approximate surface area is 124 Å². The summed E-state index contributed by atoms with van der Waals surface area (Å²) in [7, 11) is 0. The lowest BCUT2D eigenvalue weighted by Gasteiger charge is -2.41. The van der Waals surface area contributed by atoms with E-state index in [1.807, 2.05) is 0 Å². The molecule has 1 unspecified atom stereocenters. The minimum atomic E-state index is 0.465. The first-order valence-electron chi connectivity index (χ1n) is 7.64. The monoisotopic (exact) mass is 289 g/mol. The van der Waals surface area contributed by atoms with Gasteiger partial charge in [-0.15, -0.1) is 0 Å². The van der Waals surface area contributed by atoms with E-state index in [9.17, 15) is 0 Å². The normalized spacial score (nSPS) is 22.3. The lowest BCUT2D eigenvalue weighted by Crippen LogP contribution is -2.45. The van der Waals surface area contributed by atoms with Crippen molar-refractivity contribution in [2.45, 2.75) is 58.1 Å². The van der Waals surface area contributed by atoms with Crippen LogP contribution in [-0.4, -0.2) is 41.3 Å². The standard InChI is InChI=1S/C15H31NS2/c1-4-7-15(13-17,8-5-2)12-16-9-10-18-14(6-3)11-16/h14,17H,4-13H2,1-3H3. The molecule has 1 aliphatic rings. The van der Waals surface area contributed by atoms with E-state index >= 15 is 0 Å². The lowest BCUT2D eigenvalue weighted by molar-refractivity contribution is 0.149. The molecule has 1 rings (SSSR count). The molecule has 0 amide bonds. The highest BCUT2D eigenvalue weighted by atomic mass is 32.2. The van der Waals surface area contributed by atoms with Gasteiger partial charge >= 0.3 is 0 Å². The van der Waals surface area contributed by atoms with Gasteiger partial charge in [0, 0.05) is 30.6 Å². The maximum atomic E-state index is 4.68. The molecule has 0 aromatic heterocycles. The van der Waals surface area contributed by atoms with Crippen molar-refractivity contribution in [3.05, 3.63) is 0 Å². The third-order valence-electron chi connectivity index (χ3n) is 4.13. The molecule has 3 heteroatoms. The Morgan fingerprint density at radius 1 is 1.22 bits per heavy atom. The third-order valence-corrected chi connectivity index (χ3v) is 6.18. The van der Waals surface area contributed by atoms with Crippen LogP contribution in [0.4, 0.5) is 0 Å². The Bertz CT molecular complexity index is 215. The zero-order valence-corrected chi connectivity index (χ0v) is 14.2. The van der Waals surface area contributed by atoms with Gasteiger partial charge in [0.25, 0.3) is 0 Å². The fraction of sp³-hybridized carbons (Fsp3) is 1.00. The molecule has 0 aliphatic carbocycles. The molecular weight excluding hydrogens is 258 g/mol. The Hall–Kier alpha value is 0.660. The van der Waals surface area contributed by atoms with Gasteiger partial charge in [-0.2, -0.15) is 24.4 Å². The number of rotatable bonds is 8. The summed E-state index contributed by atoms with van der Waals surface area (Å²) in [5.41, 5.74) is 0.465. The number of thiol groups is 1. The van der Waals surface area contributed by atoms with Gasteiger partial charge in [0.1, 0.15) is 0 Å². The molecule has 1 atom stereocenters. The summed E-state index contributed by atoms with van der Waals surface area (Å²) in [6, 6.07) is 0. The van der Waals surface area contributed by atoms with Gasteiger partial charge in [-0.05, 0) is 30.4 Å². The second-order valence-corrected chi connectivity index (χ2v) is 7.52. The van der Waals surface area contributed by atoms with Crippen LogP contribution in [0.15, 0.2) is 0 Å². The average molecular weight is 290 g/mol. The van der Waals surface area contributed by atoms with Crippen LogP contribution in [0.2, 0.25) is 0 Å². The fourth-order valence-corrected chi connectivity index (χ4v) is 4.86. The number of nitrogens with zero attached hydrogens (tertiary/aromatic N) is 1. The van der Waals surface area contributed by atoms with Crippen molar-refractivity contribution in [2.75, 3.05) is 31.1 Å². The predicted molar refractivity (Wildman–Crippen MR) is 89.1 cm³/mol. The molecule has 1 saturated heterocycles. The molecule has 0 radical (unpaired) electrons. The second-order valence-electron chi connectivity index (χ2n) is 5.79. The number of thioether (sulfide) groups is 1. The first-order chi connectivity index (χ1) is 8.69. The van der Waals surface area contributed by atoms with E-state index in [1.54, 1.807) is 0 Å². The van der Waals surface area contributed by atoms with Gasteiger partial charge in [-0.25, -0.2) is 0 Å². The van der Waals surface area contributed by atoms with E-state index in [0.717, 1.165) is 11.0 Å². The summed E-state index contributed by atoms with van der Waals surface area (Å²) >= 11 is 6.85. The third kappa shape index (κ3) is 4.97. The van der Waals surface area contributed by atoms with Crippen molar-refractivity contribution < 1.29 is 0 Å². The molecular formula is C15H31NS2. The van der Waals surface area contributed by atoms with Crippen molar-refractivity contribution in [3.63, 3.8) is 0 Å². The predicted octanol–water partition coefficient (Wildman–Crippen LogP) is 4.33. The second kappa shape index (κ2) is 8.76. The van der Waals surface area contributed by atoms with Crippen LogP contribution in [0.5, 0.6) is 0 Å². The van der Waals surface area contributed by atoms with Gasteiger partial charge < -0.3 is 4.90 Å². The smallest absolute Gasteiger partial charge is 0.0172 e. The average Bonchev–Trinajstić information content (AvgIpc) is 2.39. The van der Waals surface area contributed by atoms with Crippen molar-refractivity contribution in [1.82, 2.24) is 4.90 Å². The van der Waals surface area contributed by atoms with Crippen LogP contribution in [0.3, 0.4) is 0 Å². The Morgan fingerprint density at radius 2 is 1.89 bits per heavy atom. The van der Waals surface area contributed by atoms with Crippen LogP contribution in [0.1, 0.15) is 52.9 Å². The van der Waals surface area contributed by atoms with Crippen LogP contribution >= 0.6 is 24.4 Å². The summed E-state index contributed by atoms with van der Waals surface area (Å²) in [6.45, 7) is 10.8. The van der Waals surface area contributed by atoms with Crippen molar-refractivity contribution >= 4 is 24.4 Å². The van der Waals surface area contributed by atoms with Crippen LogP contribution in [-0.2, 0) is 0 Å². The fourth-order valence-electron chi connectivity index (χ4n) is 3.20. The van der Waals surface area contributed by atoms with Gasteiger partial charge in [0.05, 0.1) is 0 Å². The molecule has 1 fully saturated rings. The lowest BCUT2D eigenvalue weighted by atomic mass is 9.80. The first kappa shape index (κ1) is 16.7. The minimum Gasteiger partial charge on any atom is -0.301 e. The minimum absolute atomic E-state index is 0.465. The molecule has 0 saturated carbocycles. The molecule has 108 valence electrons. The molecule has 1 heterocycles. The highest BCUT2D eigenvalue weighted by Gasteiger charge is 2.31. The molecule has 18 heavy (non-hydrogen) atoms. The van der Waals surface area contributed by atoms with E-state index in [2.05, 4.69) is 50.1 Å². The van der Waals surface area contributed by atoms with E-state index < -0.39 is 0 Å². The number of hydrogen-bond donors (Lipinski definition) is 1. The van der Waals surface area contributed by atoms with Crippen LogP contribution in [0.25, 0.3) is 0 Å². The van der Waals surface area contributed by atoms with Crippen molar-refractivity contribution in [1.29, 1.82) is 0 Å². The Kier molecular flexibility index (Phi) is 8.13. The van der Waals surface area contributed by atoms with Crippen molar-refractivity contribution in [2.24, 2.45) is 5.41 Å². The molecule has 0 spiro atoms. The first-order valence-corrected chi connectivity index (χ1v) is 9.32. The highest BCUT2D eigenvalue weighted by molar-refractivity contribution is 8.00. The summed E-state index contributed by atoms with van der Waals surface area (Å²) in [5, 5.41) is 0.861. The summed E-state index contributed by atoms with van der Waals surface area (Å²) < 4.78 is 0. The van der Waals surface area contributed by atoms with E-state index in [1.165, 1.54) is 57.5 Å². The molecule has 0 aromatic rings. The van der Waals surface area contributed by atoms with Crippen LogP contribution in [0, 0.1) is 5.41 Å². The van der Waals surface area contributed by atoms with E-state index in [-0.39, 0.29) is 0 Å². The van der Waals surface area contributed by atoms with E-state index in [0.29, 0.717) is 5.41 Å². The van der Waals surface area contributed by atoms with Gasteiger partial charge in [0.15, 0.2) is 0 Å². The van der Waals surface area contributed by atoms with Gasteiger partial charge in [-0.1, -0.05) is 33.6 Å². The zero-order valence-electron chi connectivity index (χ0n) is 12.5. The largest absolute Gasteiger partial charge is 0.301 e. The zero-order chi connectivity index (χ0) is 13.4. The Morgan fingerprint density at radius 3 is 2.39 bits per heavy atom.